The third-order valence-corrected chi connectivity index (χ3v) is 14.5. The van der Waals surface area contributed by atoms with Crippen molar-refractivity contribution in [3.63, 3.8) is 0 Å². The van der Waals surface area contributed by atoms with Crippen molar-refractivity contribution in [3.05, 3.63) is 88.9 Å². The summed E-state index contributed by atoms with van der Waals surface area (Å²) in [6.45, 7) is 9.21. The van der Waals surface area contributed by atoms with Crippen LogP contribution in [-0.4, -0.2) is 103 Å². The van der Waals surface area contributed by atoms with Gasteiger partial charge in [-0.05, 0) is 113 Å². The van der Waals surface area contributed by atoms with E-state index in [0.717, 1.165) is 75.6 Å². The number of aliphatic hydroxyl groups is 1. The van der Waals surface area contributed by atoms with Crippen molar-refractivity contribution in [2.24, 2.45) is 11.8 Å². The number of carbonyl (C=O) groups is 3. The molecule has 3 N–H and O–H groups in total. The van der Waals surface area contributed by atoms with Crippen LogP contribution in [-0.2, 0) is 15.2 Å². The van der Waals surface area contributed by atoms with Crippen LogP contribution in [0.1, 0.15) is 104 Å². The molecule has 3 amide bonds. The fourth-order valence-electron chi connectivity index (χ4n) is 11.2. The number of benzene rings is 2. The van der Waals surface area contributed by atoms with Gasteiger partial charge in [-0.1, -0.05) is 0 Å². The molecule has 5 aliphatic rings. The standard InChI is InChI=1S/C47H52F2N10O4/c1-47(2,63)37-19-40-28(16-41(37)52-46(62)42-9-7-34-15-27(20-50)21-51-59(34)42)26-58(54-40)33-5-3-31(4-6-33)56-22-29-24-57(25-30(29)23-56)32-11-13-55(14-12-32)35-17-38(48)44(39(49)18-35)36-8-10-43(60)53-45(36)61/h7,9,15-19,21,26,29-33,36,63H,3-6,8,10-14,22-25H2,1-2H3,(H,52,62)(H,53,60,61)/t29-,30-,31?,33?,36-/m1/s1. The van der Waals surface area contributed by atoms with Crippen LogP contribution in [0.4, 0.5) is 20.2 Å². The summed E-state index contributed by atoms with van der Waals surface area (Å²) >= 11 is 0. The maximum atomic E-state index is 15.3. The second-order valence-corrected chi connectivity index (χ2v) is 18.9. The Labute approximate surface area is 363 Å². The summed E-state index contributed by atoms with van der Waals surface area (Å²) in [4.78, 5) is 44.9. The van der Waals surface area contributed by atoms with E-state index in [2.05, 4.69) is 42.5 Å². The molecule has 63 heavy (non-hydrogen) atoms. The van der Waals surface area contributed by atoms with E-state index >= 15 is 8.78 Å². The Morgan fingerprint density at radius 1 is 0.889 bits per heavy atom. The van der Waals surface area contributed by atoms with E-state index in [0.29, 0.717) is 70.7 Å². The predicted octanol–water partition coefficient (Wildman–Crippen LogP) is 5.85. The topological polar surface area (TPSA) is 164 Å². The number of hydrogen-bond acceptors (Lipinski definition) is 10. The highest BCUT2D eigenvalue weighted by Gasteiger charge is 2.45. The molecule has 10 rings (SSSR count). The van der Waals surface area contributed by atoms with Gasteiger partial charge in [0, 0.05) is 91.9 Å². The molecule has 1 aliphatic carbocycles. The van der Waals surface area contributed by atoms with E-state index in [1.807, 2.05) is 17.0 Å². The molecule has 4 saturated heterocycles. The van der Waals surface area contributed by atoms with Crippen LogP contribution in [0.15, 0.2) is 54.9 Å². The van der Waals surface area contributed by atoms with E-state index in [9.17, 15) is 24.8 Å². The van der Waals surface area contributed by atoms with Crippen LogP contribution in [0.25, 0.3) is 16.4 Å². The van der Waals surface area contributed by atoms with E-state index in [4.69, 9.17) is 5.10 Å². The van der Waals surface area contributed by atoms with Crippen molar-refractivity contribution in [3.8, 4) is 6.07 Å². The van der Waals surface area contributed by atoms with Gasteiger partial charge in [0.05, 0.1) is 40.4 Å². The highest BCUT2D eigenvalue weighted by atomic mass is 19.1. The molecular weight excluding hydrogens is 807 g/mol. The number of halogens is 2. The lowest BCUT2D eigenvalue weighted by molar-refractivity contribution is -0.134. The van der Waals surface area contributed by atoms with Crippen molar-refractivity contribution in [2.45, 2.75) is 94.9 Å². The first kappa shape index (κ1) is 41.3. The number of anilines is 2. The third kappa shape index (κ3) is 7.84. The molecule has 0 unspecified atom stereocenters. The number of carbonyl (C=O) groups excluding carboxylic acids is 3. The molecule has 4 aliphatic heterocycles. The Balaban J connectivity index is 0.723. The first-order valence-corrected chi connectivity index (χ1v) is 22.3. The van der Waals surface area contributed by atoms with Crippen molar-refractivity contribution >= 4 is 45.5 Å². The summed E-state index contributed by atoms with van der Waals surface area (Å²) in [6.07, 6.45) is 9.74. The molecule has 2 aromatic carbocycles. The van der Waals surface area contributed by atoms with Gasteiger partial charge in [-0.3, -0.25) is 34.2 Å². The monoisotopic (exact) mass is 858 g/mol. The van der Waals surface area contributed by atoms with Gasteiger partial charge in [0.1, 0.15) is 23.4 Å². The highest BCUT2D eigenvalue weighted by molar-refractivity contribution is 6.05. The SMILES string of the molecule is CC(C)(O)c1cc2nn(C3CCC(N4C[C@@H]5CN(C6CCN(c7cc(F)c([C@H]8CCC(=O)NC8=O)c(F)c7)CC6)C[C@H]5C4)CC3)cc2cc1NC(=O)c1ccc2cc(C#N)cnn12. The molecule has 14 nitrogen and oxygen atoms in total. The zero-order valence-electron chi connectivity index (χ0n) is 35.6. The maximum absolute atomic E-state index is 15.3. The Kier molecular flexibility index (Phi) is 10.5. The molecule has 328 valence electrons. The molecule has 1 saturated carbocycles. The first-order valence-electron chi connectivity index (χ1n) is 22.3. The summed E-state index contributed by atoms with van der Waals surface area (Å²) in [7, 11) is 0. The minimum Gasteiger partial charge on any atom is -0.386 e. The number of nitrogens with one attached hydrogen (secondary N) is 2. The lowest BCUT2D eigenvalue weighted by atomic mass is 9.89. The smallest absolute Gasteiger partial charge is 0.274 e. The number of fused-ring (bicyclic) bond motifs is 3. The van der Waals surface area contributed by atoms with E-state index in [1.165, 1.54) is 22.8 Å². The average Bonchev–Trinajstić information content (AvgIpc) is 4.06. The van der Waals surface area contributed by atoms with Crippen LogP contribution in [0.2, 0.25) is 0 Å². The predicted molar refractivity (Wildman–Crippen MR) is 231 cm³/mol. The average molecular weight is 859 g/mol. The number of hydrogen-bond donors (Lipinski definition) is 3. The summed E-state index contributed by atoms with van der Waals surface area (Å²) in [5, 5.41) is 35.8. The van der Waals surface area contributed by atoms with Crippen LogP contribution in [0.5, 0.6) is 0 Å². The summed E-state index contributed by atoms with van der Waals surface area (Å²) in [6, 6.07) is 14.8. The molecule has 3 atom stereocenters. The minimum absolute atomic E-state index is 0.0651. The number of rotatable bonds is 8. The number of imide groups is 1. The third-order valence-electron chi connectivity index (χ3n) is 14.5. The van der Waals surface area contributed by atoms with Gasteiger partial charge in [-0.15, -0.1) is 0 Å². The fraction of sp³-hybridized carbons (Fsp3) is 0.489. The second-order valence-electron chi connectivity index (χ2n) is 18.9. The van der Waals surface area contributed by atoms with Crippen molar-refractivity contribution in [1.29, 1.82) is 5.26 Å². The van der Waals surface area contributed by atoms with Gasteiger partial charge in [0.2, 0.25) is 11.8 Å². The van der Waals surface area contributed by atoms with Crippen LogP contribution < -0.4 is 15.5 Å². The molecule has 3 aromatic heterocycles. The molecule has 5 fully saturated rings. The van der Waals surface area contributed by atoms with Gasteiger partial charge in [-0.2, -0.15) is 15.5 Å². The number of likely N-dealkylation sites (tertiary alicyclic amines) is 2. The molecule has 0 radical (unpaired) electrons. The quantitative estimate of drug-likeness (QED) is 0.161. The van der Waals surface area contributed by atoms with E-state index in [1.54, 1.807) is 32.0 Å². The van der Waals surface area contributed by atoms with E-state index in [-0.39, 0.29) is 30.4 Å². The molecular formula is C47H52F2N10O4. The normalized spacial score (nSPS) is 25.1. The van der Waals surface area contributed by atoms with Gasteiger partial charge >= 0.3 is 0 Å². The van der Waals surface area contributed by atoms with Gasteiger partial charge < -0.3 is 15.3 Å². The lowest BCUT2D eigenvalue weighted by Crippen LogP contribution is -2.46. The Morgan fingerprint density at radius 3 is 2.17 bits per heavy atom. The van der Waals surface area contributed by atoms with Crippen LogP contribution >= 0.6 is 0 Å². The van der Waals surface area contributed by atoms with Gasteiger partial charge in [0.25, 0.3) is 5.91 Å². The van der Waals surface area contributed by atoms with E-state index < -0.39 is 35.0 Å². The Hall–Kier alpha value is -5.76. The zero-order chi connectivity index (χ0) is 43.7. The second kappa shape index (κ2) is 16.1. The fourth-order valence-corrected chi connectivity index (χ4v) is 11.2. The molecule has 7 heterocycles. The first-order chi connectivity index (χ1) is 30.3. The molecule has 16 heteroatoms. The molecule has 0 bridgehead atoms. The maximum Gasteiger partial charge on any atom is 0.274 e. The number of piperidine rings is 2. The number of amides is 3. The molecule has 0 spiro atoms. The number of nitriles is 1. The Bertz CT molecular complexity index is 2630. The zero-order valence-corrected chi connectivity index (χ0v) is 35.6. The van der Waals surface area contributed by atoms with Crippen LogP contribution in [0, 0.1) is 34.8 Å². The highest BCUT2D eigenvalue weighted by Crippen LogP contribution is 2.41. The van der Waals surface area contributed by atoms with Gasteiger partial charge in [-0.25, -0.2) is 13.3 Å². The van der Waals surface area contributed by atoms with Crippen molar-refractivity contribution in [2.75, 3.05) is 49.5 Å². The van der Waals surface area contributed by atoms with Crippen molar-refractivity contribution in [1.82, 2.24) is 34.5 Å². The van der Waals surface area contributed by atoms with Crippen molar-refractivity contribution < 1.29 is 28.3 Å². The summed E-state index contributed by atoms with van der Waals surface area (Å²) in [5.74, 6) is -2.62. The lowest BCUT2D eigenvalue weighted by Gasteiger charge is -2.39. The molecule has 5 aromatic rings. The summed E-state index contributed by atoms with van der Waals surface area (Å²) < 4.78 is 34.1. The number of nitrogens with zero attached hydrogens (tertiary/aromatic N) is 8. The minimum atomic E-state index is -1.25. The summed E-state index contributed by atoms with van der Waals surface area (Å²) in [5.41, 5.74) is 2.17. The Morgan fingerprint density at radius 2 is 1.54 bits per heavy atom. The van der Waals surface area contributed by atoms with Crippen LogP contribution in [0.3, 0.4) is 0 Å². The number of aromatic nitrogens is 4. The largest absolute Gasteiger partial charge is 0.386 e. The van der Waals surface area contributed by atoms with Gasteiger partial charge in [0.15, 0.2) is 0 Å².